The molecule has 0 radical (unpaired) electrons. The molecule has 0 saturated heterocycles. The molecule has 1 aromatic carbocycles. The van der Waals surface area contributed by atoms with E-state index in [0.717, 1.165) is 10.5 Å². The summed E-state index contributed by atoms with van der Waals surface area (Å²) in [5.74, 6) is -1.28. The number of carboxylic acid groups (broad SMARTS) is 1. The van der Waals surface area contributed by atoms with Gasteiger partial charge in [-0.1, -0.05) is 0 Å². The highest BCUT2D eigenvalue weighted by Crippen LogP contribution is 2.24. The molecule has 18 heavy (non-hydrogen) atoms. The van der Waals surface area contributed by atoms with Crippen molar-refractivity contribution < 1.29 is 14.3 Å². The molecule has 1 N–H and O–H groups in total. The van der Waals surface area contributed by atoms with Gasteiger partial charge in [0.25, 0.3) is 0 Å². The van der Waals surface area contributed by atoms with Gasteiger partial charge in [-0.15, -0.1) is 11.8 Å². The second-order valence-electron chi connectivity index (χ2n) is 3.59. The van der Waals surface area contributed by atoms with E-state index in [-0.39, 0.29) is 5.56 Å². The Hall–Kier alpha value is -1.88. The highest BCUT2D eigenvalue weighted by atomic mass is 32.2. The van der Waals surface area contributed by atoms with Crippen molar-refractivity contribution in [1.82, 2.24) is 4.98 Å². The number of carbonyl (C=O) groups is 1. The second kappa shape index (κ2) is 5.64. The van der Waals surface area contributed by atoms with Crippen LogP contribution < -0.4 is 0 Å². The van der Waals surface area contributed by atoms with Gasteiger partial charge in [0, 0.05) is 23.0 Å². The zero-order valence-corrected chi connectivity index (χ0v) is 10.2. The van der Waals surface area contributed by atoms with Crippen molar-refractivity contribution in [2.24, 2.45) is 0 Å². The van der Waals surface area contributed by atoms with Crippen LogP contribution in [0.2, 0.25) is 0 Å². The first-order valence-corrected chi connectivity index (χ1v) is 6.20. The molecule has 0 aliphatic rings. The van der Waals surface area contributed by atoms with E-state index in [4.69, 9.17) is 5.11 Å². The third-order valence-corrected chi connectivity index (χ3v) is 3.39. The Morgan fingerprint density at radius 2 is 2.00 bits per heavy atom. The van der Waals surface area contributed by atoms with Crippen molar-refractivity contribution in [3.63, 3.8) is 0 Å². The van der Waals surface area contributed by atoms with Gasteiger partial charge in [-0.2, -0.15) is 0 Å². The second-order valence-corrected chi connectivity index (χ2v) is 4.64. The van der Waals surface area contributed by atoms with E-state index >= 15 is 0 Å². The largest absolute Gasteiger partial charge is 0.478 e. The maximum Gasteiger partial charge on any atom is 0.338 e. The van der Waals surface area contributed by atoms with Crippen LogP contribution in [0.15, 0.2) is 47.6 Å². The SMILES string of the molecule is O=C(O)c1cc(SCc2ccncc2)ccc1F. The first kappa shape index (κ1) is 12.6. The molecular weight excluding hydrogens is 253 g/mol. The highest BCUT2D eigenvalue weighted by Gasteiger charge is 2.10. The lowest BCUT2D eigenvalue weighted by molar-refractivity contribution is 0.0691. The number of halogens is 1. The Morgan fingerprint density at radius 3 is 2.67 bits per heavy atom. The van der Waals surface area contributed by atoms with Crippen molar-refractivity contribution in [2.75, 3.05) is 0 Å². The summed E-state index contributed by atoms with van der Waals surface area (Å²) in [7, 11) is 0. The normalized spacial score (nSPS) is 10.3. The van der Waals surface area contributed by atoms with Crippen LogP contribution in [0.1, 0.15) is 15.9 Å². The molecule has 0 saturated carbocycles. The highest BCUT2D eigenvalue weighted by molar-refractivity contribution is 7.98. The Bertz CT molecular complexity index is 560. The smallest absolute Gasteiger partial charge is 0.338 e. The van der Waals surface area contributed by atoms with E-state index in [9.17, 15) is 9.18 Å². The summed E-state index contributed by atoms with van der Waals surface area (Å²) in [6, 6.07) is 7.87. The zero-order valence-electron chi connectivity index (χ0n) is 9.34. The fourth-order valence-electron chi connectivity index (χ4n) is 1.40. The summed E-state index contributed by atoms with van der Waals surface area (Å²) in [6.07, 6.45) is 3.40. The summed E-state index contributed by atoms with van der Waals surface area (Å²) in [4.78, 5) is 15.4. The minimum Gasteiger partial charge on any atom is -0.478 e. The lowest BCUT2D eigenvalue weighted by atomic mass is 10.2. The molecule has 5 heteroatoms. The van der Waals surface area contributed by atoms with Crippen molar-refractivity contribution in [3.05, 3.63) is 59.7 Å². The van der Waals surface area contributed by atoms with Gasteiger partial charge in [-0.05, 0) is 35.9 Å². The molecule has 1 aromatic heterocycles. The Kier molecular flexibility index (Phi) is 3.94. The van der Waals surface area contributed by atoms with E-state index in [2.05, 4.69) is 4.98 Å². The monoisotopic (exact) mass is 263 g/mol. The molecule has 0 aliphatic heterocycles. The number of aromatic carboxylic acids is 1. The lowest BCUT2D eigenvalue weighted by Crippen LogP contribution is -2.00. The molecule has 0 aliphatic carbocycles. The van der Waals surface area contributed by atoms with Crippen LogP contribution >= 0.6 is 11.8 Å². The van der Waals surface area contributed by atoms with Gasteiger partial charge < -0.3 is 5.11 Å². The minimum absolute atomic E-state index is 0.297. The van der Waals surface area contributed by atoms with E-state index in [0.29, 0.717) is 5.75 Å². The number of nitrogens with zero attached hydrogens (tertiary/aromatic N) is 1. The number of pyridine rings is 1. The van der Waals surface area contributed by atoms with Gasteiger partial charge in [0.1, 0.15) is 5.82 Å². The molecule has 3 nitrogen and oxygen atoms in total. The van der Waals surface area contributed by atoms with Crippen LogP contribution in [0, 0.1) is 5.82 Å². The molecular formula is C13H10FNO2S. The molecule has 0 bridgehead atoms. The topological polar surface area (TPSA) is 50.2 Å². The van der Waals surface area contributed by atoms with Gasteiger partial charge in [0.05, 0.1) is 5.56 Å². The van der Waals surface area contributed by atoms with Gasteiger partial charge in [-0.25, -0.2) is 9.18 Å². The van der Waals surface area contributed by atoms with Crippen molar-refractivity contribution >= 4 is 17.7 Å². The third kappa shape index (κ3) is 3.07. The Balaban J connectivity index is 2.11. The summed E-state index contributed by atoms with van der Waals surface area (Å²) in [5, 5.41) is 8.82. The Morgan fingerprint density at radius 1 is 1.28 bits per heavy atom. The standard InChI is InChI=1S/C13H10FNO2S/c14-12-2-1-10(7-11(12)13(16)17)18-8-9-3-5-15-6-4-9/h1-7H,8H2,(H,16,17). The number of carboxylic acids is 1. The maximum atomic E-state index is 13.2. The van der Waals surface area contributed by atoms with Crippen LogP contribution in [0.3, 0.4) is 0 Å². The van der Waals surface area contributed by atoms with E-state index in [1.165, 1.54) is 23.9 Å². The first-order valence-electron chi connectivity index (χ1n) is 5.21. The average Bonchev–Trinajstić information content (AvgIpc) is 2.38. The number of hydrogen-bond acceptors (Lipinski definition) is 3. The summed E-state index contributed by atoms with van der Waals surface area (Å²) in [5.41, 5.74) is 0.783. The molecule has 0 unspecified atom stereocenters. The molecule has 0 fully saturated rings. The minimum atomic E-state index is -1.25. The van der Waals surface area contributed by atoms with E-state index < -0.39 is 11.8 Å². The predicted molar refractivity (Wildman–Crippen MR) is 67.2 cm³/mol. The lowest BCUT2D eigenvalue weighted by Gasteiger charge is -2.04. The molecule has 0 spiro atoms. The number of aromatic nitrogens is 1. The van der Waals surface area contributed by atoms with E-state index in [1.807, 2.05) is 12.1 Å². The summed E-state index contributed by atoms with van der Waals surface area (Å²) < 4.78 is 13.2. The number of thioether (sulfide) groups is 1. The van der Waals surface area contributed by atoms with Crippen molar-refractivity contribution in [2.45, 2.75) is 10.6 Å². The average molecular weight is 263 g/mol. The first-order chi connectivity index (χ1) is 8.66. The number of rotatable bonds is 4. The molecule has 1 heterocycles. The molecule has 0 atom stereocenters. The quantitative estimate of drug-likeness (QED) is 0.860. The molecule has 2 aromatic rings. The van der Waals surface area contributed by atoms with Crippen molar-refractivity contribution in [1.29, 1.82) is 0 Å². The van der Waals surface area contributed by atoms with Gasteiger partial charge >= 0.3 is 5.97 Å². The van der Waals surface area contributed by atoms with Crippen molar-refractivity contribution in [3.8, 4) is 0 Å². The summed E-state index contributed by atoms with van der Waals surface area (Å²) in [6.45, 7) is 0. The Labute approximate surface area is 108 Å². The van der Waals surface area contributed by atoms with Gasteiger partial charge in [-0.3, -0.25) is 4.98 Å². The van der Waals surface area contributed by atoms with E-state index in [1.54, 1.807) is 18.5 Å². The van der Waals surface area contributed by atoms with Gasteiger partial charge in [0.15, 0.2) is 0 Å². The number of benzene rings is 1. The molecule has 0 amide bonds. The van der Waals surface area contributed by atoms with Crippen LogP contribution in [0.5, 0.6) is 0 Å². The third-order valence-electron chi connectivity index (χ3n) is 2.32. The molecule has 92 valence electrons. The zero-order chi connectivity index (χ0) is 13.0. The fourth-order valence-corrected chi connectivity index (χ4v) is 2.29. The van der Waals surface area contributed by atoms with Crippen LogP contribution in [0.4, 0.5) is 4.39 Å². The maximum absolute atomic E-state index is 13.2. The van der Waals surface area contributed by atoms with Gasteiger partial charge in [0.2, 0.25) is 0 Å². The van der Waals surface area contributed by atoms with Crippen LogP contribution in [-0.2, 0) is 5.75 Å². The van der Waals surface area contributed by atoms with Crippen LogP contribution in [-0.4, -0.2) is 16.1 Å². The van der Waals surface area contributed by atoms with Crippen LogP contribution in [0.25, 0.3) is 0 Å². The predicted octanol–water partition coefficient (Wildman–Crippen LogP) is 3.21. The summed E-state index contributed by atoms with van der Waals surface area (Å²) >= 11 is 1.46. The fraction of sp³-hybridized carbons (Fsp3) is 0.0769. The molecule has 2 rings (SSSR count). The number of hydrogen-bond donors (Lipinski definition) is 1.